The van der Waals surface area contributed by atoms with Gasteiger partial charge in [0.2, 0.25) is 5.91 Å². The summed E-state index contributed by atoms with van der Waals surface area (Å²) in [5.74, 6) is 2.73. The topological polar surface area (TPSA) is 71.8 Å². The van der Waals surface area contributed by atoms with Crippen molar-refractivity contribution in [3.05, 3.63) is 11.6 Å². The number of hydrogen-bond donors (Lipinski definition) is 2. The summed E-state index contributed by atoms with van der Waals surface area (Å²) < 4.78 is 2.22. The van der Waals surface area contributed by atoms with Crippen molar-refractivity contribution in [3.8, 4) is 0 Å². The minimum absolute atomic E-state index is 0. The van der Waals surface area contributed by atoms with Gasteiger partial charge in [0.05, 0.1) is 12.0 Å². The average Bonchev–Trinajstić information content (AvgIpc) is 3.11. The van der Waals surface area contributed by atoms with Crippen LogP contribution in [-0.2, 0) is 24.3 Å². The van der Waals surface area contributed by atoms with Crippen molar-refractivity contribution in [2.45, 2.75) is 64.5 Å². The Bertz CT molecular complexity index is 594. The molecule has 1 saturated carbocycles. The first-order chi connectivity index (χ1) is 11.3. The lowest BCUT2D eigenvalue weighted by atomic mass is 9.67. The van der Waals surface area contributed by atoms with Gasteiger partial charge in [0.15, 0.2) is 5.82 Å². The van der Waals surface area contributed by atoms with E-state index in [1.807, 2.05) is 0 Å². The van der Waals surface area contributed by atoms with E-state index < -0.39 is 0 Å². The summed E-state index contributed by atoms with van der Waals surface area (Å²) in [6.07, 6.45) is 9.28. The number of aryl methyl sites for hydroxylation is 1. The molecule has 2 N–H and O–H groups in total. The quantitative estimate of drug-likeness (QED) is 0.831. The summed E-state index contributed by atoms with van der Waals surface area (Å²) >= 11 is 0. The van der Waals surface area contributed by atoms with E-state index in [0.717, 1.165) is 44.1 Å². The Balaban J connectivity index is 0.00000113. The number of carbonyl (C=O) groups is 1. The van der Waals surface area contributed by atoms with Gasteiger partial charge in [0, 0.05) is 19.5 Å². The zero-order chi connectivity index (χ0) is 15.7. The third kappa shape index (κ3) is 3.81. The van der Waals surface area contributed by atoms with Crippen molar-refractivity contribution in [2.75, 3.05) is 13.1 Å². The molecule has 0 aromatic carbocycles. The Morgan fingerprint density at radius 1 is 1.20 bits per heavy atom. The summed E-state index contributed by atoms with van der Waals surface area (Å²) in [7, 11) is 0. The molecule has 1 aromatic rings. The van der Waals surface area contributed by atoms with Crippen LogP contribution in [-0.4, -0.2) is 33.8 Å². The van der Waals surface area contributed by atoms with E-state index in [2.05, 4.69) is 25.4 Å². The molecular formula is C17H29Cl2N5O. The highest BCUT2D eigenvalue weighted by Gasteiger charge is 2.49. The van der Waals surface area contributed by atoms with Gasteiger partial charge in [-0.25, -0.2) is 0 Å². The number of nitrogens with one attached hydrogen (secondary N) is 2. The molecule has 1 aromatic heterocycles. The maximum atomic E-state index is 12.9. The van der Waals surface area contributed by atoms with E-state index >= 15 is 0 Å². The van der Waals surface area contributed by atoms with Gasteiger partial charge >= 0.3 is 0 Å². The Hall–Kier alpha value is -0.850. The molecule has 3 heterocycles. The fourth-order valence-corrected chi connectivity index (χ4v) is 4.70. The summed E-state index contributed by atoms with van der Waals surface area (Å²) in [5, 5.41) is 15.3. The number of amides is 1. The van der Waals surface area contributed by atoms with Crippen LogP contribution in [0.25, 0.3) is 0 Å². The maximum absolute atomic E-state index is 12.9. The minimum Gasteiger partial charge on any atom is -0.348 e. The molecule has 0 unspecified atom stereocenters. The van der Waals surface area contributed by atoms with Crippen molar-refractivity contribution in [1.82, 2.24) is 25.4 Å². The molecule has 0 radical (unpaired) electrons. The van der Waals surface area contributed by atoms with E-state index in [9.17, 15) is 4.79 Å². The molecule has 1 saturated heterocycles. The second kappa shape index (κ2) is 8.69. The van der Waals surface area contributed by atoms with Gasteiger partial charge in [0.25, 0.3) is 0 Å². The largest absolute Gasteiger partial charge is 0.348 e. The molecule has 1 amide bonds. The smallest absolute Gasteiger partial charge is 0.228 e. The lowest BCUT2D eigenvalue weighted by molar-refractivity contribution is -0.134. The molecule has 6 nitrogen and oxygen atoms in total. The molecule has 1 aliphatic carbocycles. The highest BCUT2D eigenvalue weighted by atomic mass is 35.5. The number of hydrogen-bond acceptors (Lipinski definition) is 4. The average molecular weight is 390 g/mol. The fourth-order valence-electron chi connectivity index (χ4n) is 4.70. The second-order valence-electron chi connectivity index (χ2n) is 7.41. The van der Waals surface area contributed by atoms with Crippen LogP contribution < -0.4 is 10.6 Å². The van der Waals surface area contributed by atoms with Crippen LogP contribution in [0.1, 0.15) is 56.6 Å². The molecular weight excluding hydrogens is 361 g/mol. The van der Waals surface area contributed by atoms with Crippen molar-refractivity contribution < 1.29 is 4.79 Å². The zero-order valence-corrected chi connectivity index (χ0v) is 16.3. The third-order valence-electron chi connectivity index (χ3n) is 6.08. The Labute approximate surface area is 161 Å². The molecule has 142 valence electrons. The molecule has 8 heteroatoms. The van der Waals surface area contributed by atoms with E-state index in [1.165, 1.54) is 38.5 Å². The first-order valence-electron chi connectivity index (χ1n) is 9.19. The first kappa shape index (κ1) is 20.5. The van der Waals surface area contributed by atoms with E-state index in [1.54, 1.807) is 0 Å². The molecule has 4 rings (SSSR count). The molecule has 3 aliphatic rings. The number of rotatable bonds is 3. The molecule has 2 aliphatic heterocycles. The normalized spacial score (nSPS) is 27.9. The number of aromatic nitrogens is 3. The lowest BCUT2D eigenvalue weighted by Crippen LogP contribution is -2.47. The zero-order valence-electron chi connectivity index (χ0n) is 14.6. The molecule has 2 fully saturated rings. The van der Waals surface area contributed by atoms with Crippen LogP contribution in [0.2, 0.25) is 0 Å². The fraction of sp³-hybridized carbons (Fsp3) is 0.824. The highest BCUT2D eigenvalue weighted by molar-refractivity contribution is 5.85. The van der Waals surface area contributed by atoms with Gasteiger partial charge in [-0.1, -0.05) is 19.3 Å². The number of fused-ring (bicyclic) bond motifs is 2. The summed E-state index contributed by atoms with van der Waals surface area (Å²) in [6.45, 7) is 3.33. The second-order valence-corrected chi connectivity index (χ2v) is 7.41. The molecule has 0 spiro atoms. The predicted molar refractivity (Wildman–Crippen MR) is 101 cm³/mol. The molecule has 2 atom stereocenters. The van der Waals surface area contributed by atoms with Crippen molar-refractivity contribution in [1.29, 1.82) is 0 Å². The lowest BCUT2D eigenvalue weighted by Gasteiger charge is -2.37. The SMILES string of the molecule is Cl.Cl.O=C(NCc1nnc2n1CCCCC2)[C@@]12CCCC[C@H]1CNC2. The van der Waals surface area contributed by atoms with E-state index in [4.69, 9.17) is 0 Å². The van der Waals surface area contributed by atoms with Gasteiger partial charge in [-0.2, -0.15) is 0 Å². The Morgan fingerprint density at radius 3 is 2.96 bits per heavy atom. The number of halogens is 2. The van der Waals surface area contributed by atoms with Crippen LogP contribution in [0.15, 0.2) is 0 Å². The highest BCUT2D eigenvalue weighted by Crippen LogP contribution is 2.43. The van der Waals surface area contributed by atoms with Crippen LogP contribution in [0, 0.1) is 11.3 Å². The van der Waals surface area contributed by atoms with Gasteiger partial charge in [-0.3, -0.25) is 4.79 Å². The maximum Gasteiger partial charge on any atom is 0.228 e. The summed E-state index contributed by atoms with van der Waals surface area (Å²) in [5.41, 5.74) is -0.181. The molecule has 0 bridgehead atoms. The van der Waals surface area contributed by atoms with E-state index in [0.29, 0.717) is 12.5 Å². The van der Waals surface area contributed by atoms with Crippen molar-refractivity contribution in [3.63, 3.8) is 0 Å². The third-order valence-corrected chi connectivity index (χ3v) is 6.08. The minimum atomic E-state index is -0.181. The van der Waals surface area contributed by atoms with E-state index in [-0.39, 0.29) is 36.1 Å². The first-order valence-corrected chi connectivity index (χ1v) is 9.19. The van der Waals surface area contributed by atoms with Crippen LogP contribution in [0.3, 0.4) is 0 Å². The number of nitrogens with zero attached hydrogens (tertiary/aromatic N) is 3. The summed E-state index contributed by atoms with van der Waals surface area (Å²) in [4.78, 5) is 12.9. The molecule has 25 heavy (non-hydrogen) atoms. The summed E-state index contributed by atoms with van der Waals surface area (Å²) in [6, 6.07) is 0. The van der Waals surface area contributed by atoms with Gasteiger partial charge in [-0.15, -0.1) is 35.0 Å². The van der Waals surface area contributed by atoms with Gasteiger partial charge in [0.1, 0.15) is 5.82 Å². The predicted octanol–water partition coefficient (Wildman–Crippen LogP) is 2.24. The van der Waals surface area contributed by atoms with Crippen molar-refractivity contribution >= 4 is 30.7 Å². The van der Waals surface area contributed by atoms with Crippen LogP contribution >= 0.6 is 24.8 Å². The van der Waals surface area contributed by atoms with Crippen LogP contribution in [0.4, 0.5) is 0 Å². The Morgan fingerprint density at radius 2 is 2.08 bits per heavy atom. The van der Waals surface area contributed by atoms with Gasteiger partial charge < -0.3 is 15.2 Å². The number of carbonyl (C=O) groups excluding carboxylic acids is 1. The monoisotopic (exact) mass is 389 g/mol. The van der Waals surface area contributed by atoms with Gasteiger partial charge in [-0.05, 0) is 38.1 Å². The standard InChI is InChI=1S/C17H27N5O.2ClH/c23-16(17-8-4-3-6-13(17)10-18-12-17)19-11-15-21-20-14-7-2-1-5-9-22(14)15;;/h13,18H,1-12H2,(H,19,23);2*1H/t13-,17+;;/m0../s1. The van der Waals surface area contributed by atoms with Crippen molar-refractivity contribution in [2.24, 2.45) is 11.3 Å². The van der Waals surface area contributed by atoms with Crippen LogP contribution in [0.5, 0.6) is 0 Å². The Kier molecular flexibility index (Phi) is 7.11.